The fourth-order valence-electron chi connectivity index (χ4n) is 2.61. The lowest BCUT2D eigenvalue weighted by molar-refractivity contribution is 0.0932. The summed E-state index contributed by atoms with van der Waals surface area (Å²) >= 11 is 0. The largest absolute Gasteiger partial charge is 0.396 e. The summed E-state index contributed by atoms with van der Waals surface area (Å²) in [5.74, 6) is -0.211. The summed E-state index contributed by atoms with van der Waals surface area (Å²) in [5.41, 5.74) is 2.59. The van der Waals surface area contributed by atoms with Crippen molar-refractivity contribution in [1.82, 2.24) is 15.5 Å². The van der Waals surface area contributed by atoms with Crippen LogP contribution in [0.2, 0.25) is 0 Å². The fourth-order valence-corrected chi connectivity index (χ4v) is 2.61. The molecular formula is C18H19N3O3. The molecule has 1 unspecified atom stereocenters. The number of aryl methyl sites for hydroxylation is 1. The van der Waals surface area contributed by atoms with Gasteiger partial charge in [0.15, 0.2) is 0 Å². The summed E-state index contributed by atoms with van der Waals surface area (Å²) < 4.78 is 5.07. The third kappa shape index (κ3) is 3.44. The zero-order chi connectivity index (χ0) is 16.9. The van der Waals surface area contributed by atoms with Crippen LogP contribution >= 0.6 is 0 Å². The Morgan fingerprint density at radius 1 is 1.33 bits per heavy atom. The van der Waals surface area contributed by atoms with E-state index in [-0.39, 0.29) is 18.6 Å². The minimum atomic E-state index is -0.211. The Morgan fingerprint density at radius 2 is 2.12 bits per heavy atom. The minimum absolute atomic E-state index is 0.0899. The van der Waals surface area contributed by atoms with Crippen molar-refractivity contribution >= 4 is 17.0 Å². The smallest absolute Gasteiger partial charge is 0.257 e. The number of hydrogen-bond acceptors (Lipinski definition) is 5. The Hall–Kier alpha value is -2.73. The first-order valence-corrected chi connectivity index (χ1v) is 7.87. The molecule has 2 heterocycles. The lowest BCUT2D eigenvalue weighted by Crippen LogP contribution is -2.28. The lowest BCUT2D eigenvalue weighted by atomic mass is 10.0. The molecule has 2 aromatic heterocycles. The van der Waals surface area contributed by atoms with E-state index in [1.165, 1.54) is 6.20 Å². The lowest BCUT2D eigenvalue weighted by Gasteiger charge is -2.19. The molecule has 0 saturated heterocycles. The predicted molar refractivity (Wildman–Crippen MR) is 89.5 cm³/mol. The van der Waals surface area contributed by atoms with Gasteiger partial charge in [0, 0.05) is 12.8 Å². The van der Waals surface area contributed by atoms with E-state index < -0.39 is 0 Å². The molecular weight excluding hydrogens is 306 g/mol. The van der Waals surface area contributed by atoms with Gasteiger partial charge >= 0.3 is 0 Å². The maximum Gasteiger partial charge on any atom is 0.257 e. The molecule has 0 aliphatic heterocycles. The minimum Gasteiger partial charge on any atom is -0.396 e. The molecule has 0 bridgehead atoms. The van der Waals surface area contributed by atoms with Crippen LogP contribution < -0.4 is 5.32 Å². The first kappa shape index (κ1) is 16.1. The molecule has 24 heavy (non-hydrogen) atoms. The number of carbonyl (C=O) groups excluding carboxylic acids is 1. The Kier molecular flexibility index (Phi) is 4.86. The average Bonchev–Trinajstić information content (AvgIpc) is 2.99. The zero-order valence-electron chi connectivity index (χ0n) is 13.4. The molecule has 1 aromatic carbocycles. The van der Waals surface area contributed by atoms with Crippen molar-refractivity contribution in [3.05, 3.63) is 59.4 Å². The molecule has 3 aromatic rings. The normalized spacial score (nSPS) is 12.2. The quantitative estimate of drug-likeness (QED) is 0.727. The Balaban J connectivity index is 1.82. The molecule has 1 atom stereocenters. The highest BCUT2D eigenvalue weighted by Gasteiger charge is 2.17. The Bertz CT molecular complexity index is 830. The van der Waals surface area contributed by atoms with E-state index in [1.54, 1.807) is 6.07 Å². The number of carbonyl (C=O) groups is 1. The summed E-state index contributed by atoms with van der Waals surface area (Å²) in [6.07, 6.45) is 2.76. The second-order valence-electron chi connectivity index (χ2n) is 5.65. The van der Waals surface area contributed by atoms with E-state index in [0.717, 1.165) is 10.9 Å². The van der Waals surface area contributed by atoms with Gasteiger partial charge in [-0.15, -0.1) is 0 Å². The van der Waals surface area contributed by atoms with Crippen LogP contribution in [0.15, 0.2) is 47.1 Å². The number of hydrogen-bond donors (Lipinski definition) is 2. The molecule has 0 radical (unpaired) electrons. The summed E-state index contributed by atoms with van der Waals surface area (Å²) in [6.45, 7) is 1.90. The van der Waals surface area contributed by atoms with Crippen LogP contribution in [0, 0.1) is 6.92 Å². The molecule has 2 N–H and O–H groups in total. The highest BCUT2D eigenvalue weighted by atomic mass is 16.5. The number of fused-ring (bicyclic) bond motifs is 1. The van der Waals surface area contributed by atoms with Gasteiger partial charge in [0.1, 0.15) is 0 Å². The topological polar surface area (TPSA) is 88.2 Å². The van der Waals surface area contributed by atoms with Crippen molar-refractivity contribution in [1.29, 1.82) is 0 Å². The molecule has 0 fully saturated rings. The maximum atomic E-state index is 12.6. The van der Waals surface area contributed by atoms with Gasteiger partial charge in [-0.2, -0.15) is 0 Å². The van der Waals surface area contributed by atoms with Crippen LogP contribution in [0.25, 0.3) is 11.1 Å². The van der Waals surface area contributed by atoms with E-state index in [0.29, 0.717) is 29.8 Å². The second-order valence-corrected chi connectivity index (χ2v) is 5.65. The zero-order valence-corrected chi connectivity index (χ0v) is 13.4. The Morgan fingerprint density at radius 3 is 2.88 bits per heavy atom. The average molecular weight is 325 g/mol. The molecule has 1 amide bonds. The summed E-state index contributed by atoms with van der Waals surface area (Å²) in [5, 5.41) is 16.7. The van der Waals surface area contributed by atoms with Gasteiger partial charge in [-0.3, -0.25) is 4.79 Å². The van der Waals surface area contributed by atoms with Crippen molar-refractivity contribution in [3.8, 4) is 0 Å². The van der Waals surface area contributed by atoms with Crippen molar-refractivity contribution in [3.63, 3.8) is 0 Å². The van der Waals surface area contributed by atoms with Gasteiger partial charge in [0.2, 0.25) is 0 Å². The molecule has 0 saturated carbocycles. The molecule has 6 nitrogen and oxygen atoms in total. The number of aliphatic hydroxyl groups excluding tert-OH is 1. The third-order valence-corrected chi connectivity index (χ3v) is 3.93. The van der Waals surface area contributed by atoms with E-state index in [9.17, 15) is 4.79 Å². The van der Waals surface area contributed by atoms with Crippen molar-refractivity contribution < 1.29 is 14.4 Å². The Labute approximate surface area is 139 Å². The number of pyridine rings is 1. The number of nitrogens with one attached hydrogen (secondary N) is 1. The molecule has 0 spiro atoms. The number of benzene rings is 1. The first-order valence-electron chi connectivity index (χ1n) is 7.87. The third-order valence-electron chi connectivity index (χ3n) is 3.93. The summed E-state index contributed by atoms with van der Waals surface area (Å²) in [6, 6.07) is 11.3. The number of amides is 1. The maximum absolute atomic E-state index is 12.6. The highest BCUT2D eigenvalue weighted by Crippen LogP contribution is 2.20. The van der Waals surface area contributed by atoms with Crippen LogP contribution in [0.5, 0.6) is 0 Å². The molecule has 6 heteroatoms. The molecule has 0 aliphatic rings. The van der Waals surface area contributed by atoms with Crippen molar-refractivity contribution in [2.75, 3.05) is 6.61 Å². The van der Waals surface area contributed by atoms with E-state index in [4.69, 9.17) is 9.63 Å². The number of aromatic nitrogens is 2. The molecule has 0 aliphatic carbocycles. The van der Waals surface area contributed by atoms with Gasteiger partial charge in [-0.1, -0.05) is 35.5 Å². The monoisotopic (exact) mass is 325 g/mol. The summed E-state index contributed by atoms with van der Waals surface area (Å²) in [7, 11) is 0. The number of rotatable bonds is 6. The van der Waals surface area contributed by atoms with Crippen LogP contribution in [0.3, 0.4) is 0 Å². The SMILES string of the molecule is Cc1noc2ncc(C(=O)NC(CCCO)c3ccccc3)cc12. The number of aliphatic hydroxyl groups is 1. The van der Waals surface area contributed by atoms with Crippen molar-refractivity contribution in [2.24, 2.45) is 0 Å². The number of nitrogens with zero attached hydrogens (tertiary/aromatic N) is 2. The van der Waals surface area contributed by atoms with Crippen LogP contribution in [0.1, 0.15) is 40.5 Å². The molecule has 124 valence electrons. The van der Waals surface area contributed by atoms with Gasteiger partial charge < -0.3 is 14.9 Å². The molecule has 3 rings (SSSR count). The summed E-state index contributed by atoms with van der Waals surface area (Å²) in [4.78, 5) is 16.7. The second kappa shape index (κ2) is 7.23. The van der Waals surface area contributed by atoms with E-state index >= 15 is 0 Å². The van der Waals surface area contributed by atoms with Crippen LogP contribution in [0.4, 0.5) is 0 Å². The van der Waals surface area contributed by atoms with Crippen LogP contribution in [-0.4, -0.2) is 27.8 Å². The van der Waals surface area contributed by atoms with Gasteiger partial charge in [0.25, 0.3) is 11.6 Å². The van der Waals surface area contributed by atoms with Crippen LogP contribution in [-0.2, 0) is 0 Å². The van der Waals surface area contributed by atoms with Gasteiger partial charge in [-0.25, -0.2) is 4.98 Å². The highest BCUT2D eigenvalue weighted by molar-refractivity contribution is 5.97. The predicted octanol–water partition coefficient (Wildman–Crippen LogP) is 2.77. The van der Waals surface area contributed by atoms with Gasteiger partial charge in [-0.05, 0) is 31.4 Å². The fraction of sp³-hybridized carbons (Fsp3) is 0.278. The van der Waals surface area contributed by atoms with E-state index in [1.807, 2.05) is 37.3 Å². The van der Waals surface area contributed by atoms with Gasteiger partial charge in [0.05, 0.1) is 22.7 Å². The van der Waals surface area contributed by atoms with E-state index in [2.05, 4.69) is 15.5 Å². The standard InChI is InChI=1S/C18H19N3O3/c1-12-15-10-14(11-19-18(15)24-21-12)17(23)20-16(8-5-9-22)13-6-3-2-4-7-13/h2-4,6-7,10-11,16,22H,5,8-9H2,1H3,(H,20,23). The van der Waals surface area contributed by atoms with Crippen molar-refractivity contribution in [2.45, 2.75) is 25.8 Å². The first-order chi connectivity index (χ1) is 11.7.